The van der Waals surface area contributed by atoms with Crippen LogP contribution < -0.4 is 10.3 Å². The van der Waals surface area contributed by atoms with Crippen molar-refractivity contribution in [2.24, 2.45) is 0 Å². The number of nitrogens with zero attached hydrogens (tertiary/aromatic N) is 3. The van der Waals surface area contributed by atoms with Gasteiger partial charge in [0.15, 0.2) is 0 Å². The molecule has 2 aromatic heterocycles. The van der Waals surface area contributed by atoms with Gasteiger partial charge in [-0.15, -0.1) is 0 Å². The minimum absolute atomic E-state index is 0.0506. The number of para-hydroxylation sites is 1. The molecule has 2 heterocycles. The molecule has 5 aromatic rings. The zero-order valence-corrected chi connectivity index (χ0v) is 17.6. The van der Waals surface area contributed by atoms with Crippen LogP contribution in [-0.2, 0) is 0 Å². The molecule has 0 spiro atoms. The molecule has 5 rings (SSSR count). The molecule has 0 fully saturated rings. The molecule has 0 aliphatic heterocycles. The predicted molar refractivity (Wildman–Crippen MR) is 128 cm³/mol. The number of H-pyrrole nitrogens is 1. The number of non-ortho nitro benzene ring substituents is 1. The zero-order valence-electron chi connectivity index (χ0n) is 17.6. The van der Waals surface area contributed by atoms with Crippen molar-refractivity contribution in [3.05, 3.63) is 105 Å². The van der Waals surface area contributed by atoms with E-state index in [9.17, 15) is 14.9 Å². The maximum Gasteiger partial charge on any atom is 0.269 e. The van der Waals surface area contributed by atoms with Crippen LogP contribution in [0.2, 0.25) is 0 Å². The van der Waals surface area contributed by atoms with Gasteiger partial charge in [0.1, 0.15) is 11.6 Å². The van der Waals surface area contributed by atoms with Crippen LogP contribution in [0.5, 0.6) is 5.75 Å². The summed E-state index contributed by atoms with van der Waals surface area (Å²) in [4.78, 5) is 31.8. The number of aromatic amines is 1. The monoisotopic (exact) mass is 438 g/mol. The maximum absolute atomic E-state index is 13.4. The average Bonchev–Trinajstić information content (AvgIpc) is 3.25. The molecular formula is C25H18N4O4. The molecule has 0 atom stereocenters. The lowest BCUT2D eigenvalue weighted by Gasteiger charge is -2.11. The SMILES string of the molecule is COc1ccc2[nH]cc(C=Cc3nc4ccccc4c(=O)n3-c3ccc([N+](=O)[O-])cc3)c2c1. The van der Waals surface area contributed by atoms with Crippen LogP contribution in [0, 0.1) is 10.1 Å². The molecule has 0 aliphatic carbocycles. The van der Waals surface area contributed by atoms with Crippen molar-refractivity contribution < 1.29 is 9.66 Å². The highest BCUT2D eigenvalue weighted by atomic mass is 16.6. The van der Waals surface area contributed by atoms with Crippen molar-refractivity contribution in [2.75, 3.05) is 7.11 Å². The highest BCUT2D eigenvalue weighted by Crippen LogP contribution is 2.25. The number of benzene rings is 3. The number of hydrogen-bond acceptors (Lipinski definition) is 5. The van der Waals surface area contributed by atoms with Gasteiger partial charge in [-0.3, -0.25) is 19.5 Å². The number of methoxy groups -OCH3 is 1. The fraction of sp³-hybridized carbons (Fsp3) is 0.0400. The van der Waals surface area contributed by atoms with Crippen molar-refractivity contribution in [3.8, 4) is 11.4 Å². The van der Waals surface area contributed by atoms with Crippen LogP contribution in [0.1, 0.15) is 11.4 Å². The third-order valence-corrected chi connectivity index (χ3v) is 5.45. The summed E-state index contributed by atoms with van der Waals surface area (Å²) in [7, 11) is 1.62. The molecule has 0 saturated carbocycles. The Bertz CT molecular complexity index is 1600. The van der Waals surface area contributed by atoms with Gasteiger partial charge in [0.05, 0.1) is 28.6 Å². The van der Waals surface area contributed by atoms with Gasteiger partial charge in [0.25, 0.3) is 11.2 Å². The van der Waals surface area contributed by atoms with Crippen molar-refractivity contribution in [1.29, 1.82) is 0 Å². The molecule has 0 aliphatic rings. The summed E-state index contributed by atoms with van der Waals surface area (Å²) >= 11 is 0. The van der Waals surface area contributed by atoms with Gasteiger partial charge in [0.2, 0.25) is 0 Å². The van der Waals surface area contributed by atoms with E-state index in [1.807, 2.05) is 36.5 Å². The summed E-state index contributed by atoms with van der Waals surface area (Å²) in [6.07, 6.45) is 5.50. The smallest absolute Gasteiger partial charge is 0.269 e. The first kappa shape index (κ1) is 20.2. The fourth-order valence-corrected chi connectivity index (χ4v) is 3.79. The number of aromatic nitrogens is 3. The van der Waals surface area contributed by atoms with E-state index in [0.717, 1.165) is 22.2 Å². The summed E-state index contributed by atoms with van der Waals surface area (Å²) in [5, 5.41) is 12.5. The van der Waals surface area contributed by atoms with Crippen LogP contribution in [0.3, 0.4) is 0 Å². The van der Waals surface area contributed by atoms with E-state index in [1.54, 1.807) is 43.5 Å². The normalized spacial score (nSPS) is 11.4. The highest BCUT2D eigenvalue weighted by Gasteiger charge is 2.13. The van der Waals surface area contributed by atoms with Gasteiger partial charge in [-0.05, 0) is 54.6 Å². The first-order valence-corrected chi connectivity index (χ1v) is 10.1. The van der Waals surface area contributed by atoms with Crippen molar-refractivity contribution in [2.45, 2.75) is 0 Å². The van der Waals surface area contributed by atoms with E-state index in [0.29, 0.717) is 22.4 Å². The van der Waals surface area contributed by atoms with E-state index < -0.39 is 4.92 Å². The van der Waals surface area contributed by atoms with Gasteiger partial charge >= 0.3 is 0 Å². The summed E-state index contributed by atoms with van der Waals surface area (Å²) in [6, 6.07) is 18.7. The lowest BCUT2D eigenvalue weighted by atomic mass is 10.1. The van der Waals surface area contributed by atoms with Gasteiger partial charge < -0.3 is 9.72 Å². The van der Waals surface area contributed by atoms with Crippen molar-refractivity contribution in [3.63, 3.8) is 0 Å². The Morgan fingerprint density at radius 2 is 1.82 bits per heavy atom. The van der Waals surface area contributed by atoms with Crippen LogP contribution in [0.4, 0.5) is 5.69 Å². The molecule has 0 saturated heterocycles. The van der Waals surface area contributed by atoms with Gasteiger partial charge in [-0.2, -0.15) is 0 Å². The molecule has 33 heavy (non-hydrogen) atoms. The fourth-order valence-electron chi connectivity index (χ4n) is 3.79. The topological polar surface area (TPSA) is 103 Å². The Morgan fingerprint density at radius 3 is 2.58 bits per heavy atom. The van der Waals surface area contributed by atoms with E-state index in [2.05, 4.69) is 4.98 Å². The summed E-state index contributed by atoms with van der Waals surface area (Å²) in [5.74, 6) is 1.15. The Morgan fingerprint density at radius 1 is 1.03 bits per heavy atom. The van der Waals surface area contributed by atoms with Crippen molar-refractivity contribution >= 4 is 39.6 Å². The third-order valence-electron chi connectivity index (χ3n) is 5.45. The standard InChI is InChI=1S/C25H18N4O4/c1-33-19-11-12-22-21(14-19)16(15-26-22)6-13-24-27-23-5-3-2-4-20(23)25(30)28(24)17-7-9-18(10-8-17)29(31)32/h2-15,26H,1H3. The quantitative estimate of drug-likeness (QED) is 0.309. The highest BCUT2D eigenvalue weighted by molar-refractivity contribution is 5.92. The Hall–Kier alpha value is -4.72. The summed E-state index contributed by atoms with van der Waals surface area (Å²) in [6.45, 7) is 0. The van der Waals surface area contributed by atoms with E-state index in [4.69, 9.17) is 9.72 Å². The Labute approximate surface area is 187 Å². The van der Waals surface area contributed by atoms with Crippen molar-refractivity contribution in [1.82, 2.24) is 14.5 Å². The first-order chi connectivity index (χ1) is 16.0. The molecule has 3 aromatic carbocycles. The zero-order chi connectivity index (χ0) is 22.9. The van der Waals surface area contributed by atoms with Gasteiger partial charge in [-0.25, -0.2) is 4.98 Å². The van der Waals surface area contributed by atoms with Gasteiger partial charge in [0, 0.05) is 34.8 Å². The second-order valence-electron chi connectivity index (χ2n) is 7.39. The minimum atomic E-state index is -0.475. The minimum Gasteiger partial charge on any atom is -0.497 e. The maximum atomic E-state index is 13.4. The lowest BCUT2D eigenvalue weighted by molar-refractivity contribution is -0.384. The van der Waals surface area contributed by atoms with E-state index in [-0.39, 0.29) is 11.2 Å². The van der Waals surface area contributed by atoms with Gasteiger partial charge in [-0.1, -0.05) is 12.1 Å². The molecule has 1 N–H and O–H groups in total. The number of nitro groups is 1. The summed E-state index contributed by atoms with van der Waals surface area (Å²) in [5.41, 5.74) is 2.61. The lowest BCUT2D eigenvalue weighted by Crippen LogP contribution is -2.22. The number of hydrogen-bond donors (Lipinski definition) is 1. The second kappa shape index (κ2) is 8.08. The van der Waals surface area contributed by atoms with Crippen LogP contribution in [0.15, 0.2) is 77.7 Å². The number of rotatable bonds is 5. The number of fused-ring (bicyclic) bond motifs is 2. The molecule has 0 radical (unpaired) electrons. The number of ether oxygens (including phenoxy) is 1. The van der Waals surface area contributed by atoms with Crippen LogP contribution >= 0.6 is 0 Å². The second-order valence-corrected chi connectivity index (χ2v) is 7.39. The third kappa shape index (κ3) is 3.63. The average molecular weight is 438 g/mol. The predicted octanol–water partition coefficient (Wildman–Crippen LogP) is 4.95. The molecule has 8 heteroatoms. The Kier molecular flexibility index (Phi) is 4.95. The molecule has 162 valence electrons. The Balaban J connectivity index is 1.68. The molecule has 0 amide bonds. The molecule has 0 unspecified atom stereocenters. The summed E-state index contributed by atoms with van der Waals surface area (Å²) < 4.78 is 6.79. The van der Waals surface area contributed by atoms with Crippen LogP contribution in [0.25, 0.3) is 39.6 Å². The largest absolute Gasteiger partial charge is 0.497 e. The molecule has 0 bridgehead atoms. The molecular weight excluding hydrogens is 420 g/mol. The van der Waals surface area contributed by atoms with Crippen LogP contribution in [-0.4, -0.2) is 26.6 Å². The molecule has 8 nitrogen and oxygen atoms in total. The number of nitrogens with one attached hydrogen (secondary N) is 1. The van der Waals surface area contributed by atoms with E-state index >= 15 is 0 Å². The first-order valence-electron chi connectivity index (χ1n) is 10.1. The van der Waals surface area contributed by atoms with E-state index in [1.165, 1.54) is 16.7 Å². The number of nitro benzene ring substituents is 1.